The molecule has 0 fully saturated rings. The van der Waals surface area contributed by atoms with E-state index in [1.807, 2.05) is 0 Å². The summed E-state index contributed by atoms with van der Waals surface area (Å²) in [6, 6.07) is 0. The Morgan fingerprint density at radius 2 is 1.94 bits per heavy atom. The van der Waals surface area contributed by atoms with Crippen LogP contribution in [-0.2, 0) is 19.3 Å². The number of pyridine rings is 1. The van der Waals surface area contributed by atoms with Gasteiger partial charge in [-0.1, -0.05) is 20.8 Å². The lowest BCUT2D eigenvalue weighted by Crippen LogP contribution is -2.06. The molecular weight excluding hydrogens is 194 g/mol. The van der Waals surface area contributed by atoms with Crippen LogP contribution >= 0.6 is 0 Å². The number of nitrogens with zero attached hydrogens (tertiary/aromatic N) is 1. The van der Waals surface area contributed by atoms with Crippen LogP contribution in [0, 0.1) is 0 Å². The minimum Gasteiger partial charge on any atom is -0.257 e. The van der Waals surface area contributed by atoms with Crippen molar-refractivity contribution in [1.29, 1.82) is 0 Å². The summed E-state index contributed by atoms with van der Waals surface area (Å²) in [7, 11) is 0. The van der Waals surface area contributed by atoms with Crippen molar-refractivity contribution in [2.24, 2.45) is 0 Å². The van der Waals surface area contributed by atoms with Gasteiger partial charge in [0.15, 0.2) is 0 Å². The highest BCUT2D eigenvalue weighted by atomic mass is 14.8. The van der Waals surface area contributed by atoms with Crippen LogP contribution in [0.5, 0.6) is 0 Å². The van der Waals surface area contributed by atoms with Gasteiger partial charge in [-0.3, -0.25) is 4.98 Å². The molecule has 1 aromatic heterocycles. The van der Waals surface area contributed by atoms with Gasteiger partial charge in [-0.25, -0.2) is 0 Å². The third kappa shape index (κ3) is 1.33. The Labute approximate surface area is 98.3 Å². The molecule has 1 heterocycles. The molecule has 3 rings (SSSR count). The van der Waals surface area contributed by atoms with E-state index in [4.69, 9.17) is 4.98 Å². The Morgan fingerprint density at radius 1 is 1.12 bits per heavy atom. The zero-order valence-electron chi connectivity index (χ0n) is 10.6. The highest BCUT2D eigenvalue weighted by Crippen LogP contribution is 2.40. The molecule has 0 radical (unpaired) electrons. The molecule has 1 atom stereocenters. The SMILES string of the molecule is CC(C)c1c2c(nc3c1CC[C@H]3C)CCC2. The maximum Gasteiger partial charge on any atom is 0.0470 e. The summed E-state index contributed by atoms with van der Waals surface area (Å²) in [6.07, 6.45) is 6.39. The number of fused-ring (bicyclic) bond motifs is 2. The lowest BCUT2D eigenvalue weighted by Gasteiger charge is -2.17. The van der Waals surface area contributed by atoms with Crippen molar-refractivity contribution < 1.29 is 0 Å². The van der Waals surface area contributed by atoms with Gasteiger partial charge in [0, 0.05) is 11.4 Å². The molecule has 0 bridgehead atoms. The molecule has 0 aromatic carbocycles. The molecule has 1 aromatic rings. The standard InChI is InChI=1S/C15H21N/c1-9(2)14-11-5-4-6-13(11)16-15-10(3)7-8-12(14)15/h9-10H,4-8H2,1-3H3/t10-/m1/s1. The fourth-order valence-electron chi connectivity index (χ4n) is 3.54. The molecule has 16 heavy (non-hydrogen) atoms. The van der Waals surface area contributed by atoms with E-state index in [2.05, 4.69) is 20.8 Å². The lowest BCUT2D eigenvalue weighted by atomic mass is 9.91. The topological polar surface area (TPSA) is 12.9 Å². The minimum absolute atomic E-state index is 0.675. The third-order valence-electron chi connectivity index (χ3n) is 4.28. The monoisotopic (exact) mass is 215 g/mol. The number of aryl methyl sites for hydroxylation is 1. The van der Waals surface area contributed by atoms with E-state index in [1.165, 1.54) is 43.5 Å². The second kappa shape index (κ2) is 3.58. The molecule has 0 saturated carbocycles. The molecule has 0 spiro atoms. The van der Waals surface area contributed by atoms with Gasteiger partial charge in [-0.15, -0.1) is 0 Å². The largest absolute Gasteiger partial charge is 0.257 e. The summed E-state index contributed by atoms with van der Waals surface area (Å²) in [5, 5.41) is 0. The maximum atomic E-state index is 4.96. The van der Waals surface area contributed by atoms with Crippen LogP contribution in [0.2, 0.25) is 0 Å². The molecule has 0 aliphatic heterocycles. The first-order valence-electron chi connectivity index (χ1n) is 6.73. The second-order valence-corrected chi connectivity index (χ2v) is 5.76. The summed E-state index contributed by atoms with van der Waals surface area (Å²) in [5.74, 6) is 1.37. The van der Waals surface area contributed by atoms with Crippen LogP contribution in [0.25, 0.3) is 0 Å². The minimum atomic E-state index is 0.675. The van der Waals surface area contributed by atoms with Gasteiger partial charge in [0.25, 0.3) is 0 Å². The number of hydrogen-bond acceptors (Lipinski definition) is 1. The van der Waals surface area contributed by atoms with E-state index >= 15 is 0 Å². The molecule has 2 aliphatic rings. The van der Waals surface area contributed by atoms with Gasteiger partial charge < -0.3 is 0 Å². The van der Waals surface area contributed by atoms with Crippen molar-refractivity contribution in [3.63, 3.8) is 0 Å². The van der Waals surface area contributed by atoms with Crippen LogP contribution in [0.4, 0.5) is 0 Å². The van der Waals surface area contributed by atoms with Crippen LogP contribution in [0.1, 0.15) is 73.5 Å². The fraction of sp³-hybridized carbons (Fsp3) is 0.667. The Bertz CT molecular complexity index is 432. The van der Waals surface area contributed by atoms with Gasteiger partial charge in [-0.2, -0.15) is 0 Å². The molecule has 0 unspecified atom stereocenters. The Hall–Kier alpha value is -0.850. The second-order valence-electron chi connectivity index (χ2n) is 5.76. The zero-order valence-corrected chi connectivity index (χ0v) is 10.6. The third-order valence-corrected chi connectivity index (χ3v) is 4.28. The highest BCUT2D eigenvalue weighted by Gasteiger charge is 2.29. The van der Waals surface area contributed by atoms with E-state index in [0.717, 1.165) is 0 Å². The van der Waals surface area contributed by atoms with Crippen molar-refractivity contribution in [2.75, 3.05) is 0 Å². The van der Waals surface area contributed by atoms with Gasteiger partial charge in [0.2, 0.25) is 0 Å². The highest BCUT2D eigenvalue weighted by molar-refractivity contribution is 5.47. The van der Waals surface area contributed by atoms with E-state index in [1.54, 1.807) is 16.7 Å². The molecule has 1 nitrogen and oxygen atoms in total. The quantitative estimate of drug-likeness (QED) is 0.695. The molecule has 2 aliphatic carbocycles. The first-order valence-corrected chi connectivity index (χ1v) is 6.73. The van der Waals surface area contributed by atoms with Crippen molar-refractivity contribution in [3.8, 4) is 0 Å². The van der Waals surface area contributed by atoms with E-state index < -0.39 is 0 Å². The Balaban J connectivity index is 2.25. The van der Waals surface area contributed by atoms with Crippen LogP contribution in [0.15, 0.2) is 0 Å². The summed E-state index contributed by atoms with van der Waals surface area (Å²) in [6.45, 7) is 7.03. The number of aromatic nitrogens is 1. The smallest absolute Gasteiger partial charge is 0.0470 e. The van der Waals surface area contributed by atoms with Gasteiger partial charge in [0.05, 0.1) is 0 Å². The first kappa shape index (κ1) is 10.3. The molecule has 0 N–H and O–H groups in total. The maximum absolute atomic E-state index is 4.96. The van der Waals surface area contributed by atoms with Crippen molar-refractivity contribution in [2.45, 2.75) is 64.7 Å². The fourth-order valence-corrected chi connectivity index (χ4v) is 3.54. The molecular formula is C15H21N. The number of hydrogen-bond donors (Lipinski definition) is 0. The average Bonchev–Trinajstić information content (AvgIpc) is 2.82. The first-order chi connectivity index (χ1) is 7.68. The van der Waals surface area contributed by atoms with Crippen molar-refractivity contribution in [1.82, 2.24) is 4.98 Å². The Morgan fingerprint density at radius 3 is 2.69 bits per heavy atom. The number of rotatable bonds is 1. The Kier molecular flexibility index (Phi) is 2.31. The average molecular weight is 215 g/mol. The van der Waals surface area contributed by atoms with E-state index in [0.29, 0.717) is 11.8 Å². The molecule has 86 valence electrons. The zero-order chi connectivity index (χ0) is 11.3. The van der Waals surface area contributed by atoms with Crippen molar-refractivity contribution >= 4 is 0 Å². The van der Waals surface area contributed by atoms with Crippen LogP contribution in [-0.4, -0.2) is 4.98 Å². The van der Waals surface area contributed by atoms with Gasteiger partial charge >= 0.3 is 0 Å². The van der Waals surface area contributed by atoms with Crippen molar-refractivity contribution in [3.05, 3.63) is 28.1 Å². The van der Waals surface area contributed by atoms with Gasteiger partial charge in [0.1, 0.15) is 0 Å². The summed E-state index contributed by atoms with van der Waals surface area (Å²) in [4.78, 5) is 4.96. The molecule has 0 saturated heterocycles. The van der Waals surface area contributed by atoms with Gasteiger partial charge in [-0.05, 0) is 60.6 Å². The lowest BCUT2D eigenvalue weighted by molar-refractivity contribution is 0.726. The summed E-state index contributed by atoms with van der Waals surface area (Å²) >= 11 is 0. The predicted molar refractivity (Wildman–Crippen MR) is 67.1 cm³/mol. The predicted octanol–water partition coefficient (Wildman–Crippen LogP) is 3.74. The molecule has 0 amide bonds. The summed E-state index contributed by atoms with van der Waals surface area (Å²) in [5.41, 5.74) is 7.76. The summed E-state index contributed by atoms with van der Waals surface area (Å²) < 4.78 is 0. The van der Waals surface area contributed by atoms with E-state index in [9.17, 15) is 0 Å². The van der Waals surface area contributed by atoms with E-state index in [-0.39, 0.29) is 0 Å². The molecule has 1 heteroatoms. The normalized spacial score (nSPS) is 22.6. The van der Waals surface area contributed by atoms with Crippen LogP contribution in [0.3, 0.4) is 0 Å². The van der Waals surface area contributed by atoms with Crippen LogP contribution < -0.4 is 0 Å².